The van der Waals surface area contributed by atoms with Crippen molar-refractivity contribution in [3.8, 4) is 0 Å². The van der Waals surface area contributed by atoms with Crippen LogP contribution in [-0.2, 0) is 9.31 Å². The molecule has 0 bridgehead atoms. The Balaban J connectivity index is 0.000000216. The van der Waals surface area contributed by atoms with E-state index in [4.69, 9.17) is 9.31 Å². The predicted molar refractivity (Wildman–Crippen MR) is 134 cm³/mol. The molecule has 5 heteroatoms. The molecule has 156 valence electrons. The lowest BCUT2D eigenvalue weighted by atomic mass is 9.75. The number of ketones is 1. The highest BCUT2D eigenvalue weighted by Crippen LogP contribution is 2.37. The molecule has 4 rings (SSSR count). The monoisotopic (exact) mass is 514 g/mol. The third-order valence-corrected chi connectivity index (χ3v) is 6.74. The van der Waals surface area contributed by atoms with Crippen molar-refractivity contribution < 1.29 is 14.1 Å². The second-order valence-electron chi connectivity index (χ2n) is 8.70. The molecule has 3 aromatic carbocycles. The first kappa shape index (κ1) is 23.0. The van der Waals surface area contributed by atoms with Crippen molar-refractivity contribution in [3.63, 3.8) is 0 Å². The van der Waals surface area contributed by atoms with E-state index in [2.05, 4.69) is 93.6 Å². The minimum Gasteiger partial charge on any atom is -0.399 e. The summed E-state index contributed by atoms with van der Waals surface area (Å²) in [6, 6.07) is 20.3. The third-order valence-electron chi connectivity index (χ3n) is 5.80. The van der Waals surface area contributed by atoms with E-state index in [1.165, 1.54) is 16.3 Å². The van der Waals surface area contributed by atoms with Gasteiger partial charge in [-0.2, -0.15) is 0 Å². The van der Waals surface area contributed by atoms with Crippen LogP contribution in [0, 0.1) is 10.5 Å². The van der Waals surface area contributed by atoms with Gasteiger partial charge in [0, 0.05) is 9.13 Å². The Hall–Kier alpha value is -1.70. The molecule has 0 atom stereocenters. The van der Waals surface area contributed by atoms with E-state index in [1.807, 2.05) is 24.3 Å². The van der Waals surface area contributed by atoms with Crippen molar-refractivity contribution in [2.45, 2.75) is 52.7 Å². The smallest absolute Gasteiger partial charge is 0.399 e. The highest BCUT2D eigenvalue weighted by molar-refractivity contribution is 14.1. The van der Waals surface area contributed by atoms with Crippen LogP contribution in [0.25, 0.3) is 10.8 Å². The highest BCUT2D eigenvalue weighted by Gasteiger charge is 2.52. The summed E-state index contributed by atoms with van der Waals surface area (Å²) in [5.74, 6) is 0.130. The standard InChI is InChI=1S/C17H21BO2.C8H7IO/c1-12-10-13-8-6-7-9-14(13)15(11-12)18-19-16(2,3)17(4,5)20-18;1-6(10)7-4-2-3-5-8(7)9/h6-11H,1-5H3;2-5H,1H3. The molecule has 0 amide bonds. The number of aryl methyl sites for hydroxylation is 1. The fraction of sp³-hybridized carbons (Fsp3) is 0.320. The van der Waals surface area contributed by atoms with Gasteiger partial charge in [-0.05, 0) is 86.4 Å². The number of fused-ring (bicyclic) bond motifs is 1. The lowest BCUT2D eigenvalue weighted by molar-refractivity contribution is 0.00578. The molecule has 1 aliphatic rings. The molecule has 1 saturated heterocycles. The molecular weight excluding hydrogens is 486 g/mol. The number of carbonyl (C=O) groups is 1. The highest BCUT2D eigenvalue weighted by atomic mass is 127. The molecule has 0 aromatic heterocycles. The summed E-state index contributed by atoms with van der Waals surface area (Å²) in [6.45, 7) is 12.0. The Labute approximate surface area is 193 Å². The van der Waals surface area contributed by atoms with Crippen LogP contribution in [0.1, 0.15) is 50.5 Å². The van der Waals surface area contributed by atoms with Gasteiger partial charge in [0.05, 0.1) is 11.2 Å². The summed E-state index contributed by atoms with van der Waals surface area (Å²) < 4.78 is 13.4. The molecule has 0 spiro atoms. The number of rotatable bonds is 2. The second-order valence-corrected chi connectivity index (χ2v) is 9.86. The van der Waals surface area contributed by atoms with Gasteiger partial charge in [0.25, 0.3) is 0 Å². The van der Waals surface area contributed by atoms with Crippen molar-refractivity contribution in [1.29, 1.82) is 0 Å². The van der Waals surface area contributed by atoms with Crippen molar-refractivity contribution in [2.75, 3.05) is 0 Å². The quantitative estimate of drug-likeness (QED) is 0.241. The predicted octanol–water partition coefficient (Wildman–Crippen LogP) is 5.94. The summed E-state index contributed by atoms with van der Waals surface area (Å²) in [4.78, 5) is 10.9. The van der Waals surface area contributed by atoms with Gasteiger partial charge in [-0.15, -0.1) is 0 Å². The molecule has 3 nitrogen and oxygen atoms in total. The van der Waals surface area contributed by atoms with Gasteiger partial charge in [0.15, 0.2) is 5.78 Å². The van der Waals surface area contributed by atoms with Crippen molar-refractivity contribution in [2.24, 2.45) is 0 Å². The third kappa shape index (κ3) is 4.79. The van der Waals surface area contributed by atoms with Crippen LogP contribution >= 0.6 is 22.6 Å². The minimum absolute atomic E-state index is 0.130. The zero-order chi connectivity index (χ0) is 22.1. The lowest BCUT2D eigenvalue weighted by Gasteiger charge is -2.32. The normalized spacial score (nSPS) is 16.8. The summed E-state index contributed by atoms with van der Waals surface area (Å²) in [6.07, 6.45) is 0. The molecule has 0 unspecified atom stereocenters. The lowest BCUT2D eigenvalue weighted by Crippen LogP contribution is -2.41. The van der Waals surface area contributed by atoms with Gasteiger partial charge >= 0.3 is 7.12 Å². The van der Waals surface area contributed by atoms with E-state index in [0.717, 1.165) is 14.6 Å². The maximum atomic E-state index is 10.9. The van der Waals surface area contributed by atoms with E-state index in [1.54, 1.807) is 6.92 Å². The molecular formula is C25H28BIO3. The van der Waals surface area contributed by atoms with Crippen LogP contribution in [0.3, 0.4) is 0 Å². The number of benzene rings is 3. The fourth-order valence-electron chi connectivity index (χ4n) is 3.41. The zero-order valence-corrected chi connectivity index (χ0v) is 20.6. The molecule has 0 saturated carbocycles. The topological polar surface area (TPSA) is 35.5 Å². The van der Waals surface area contributed by atoms with E-state index in [-0.39, 0.29) is 24.1 Å². The Morgan fingerprint density at radius 2 is 1.47 bits per heavy atom. The molecule has 0 N–H and O–H groups in total. The molecule has 1 heterocycles. The van der Waals surface area contributed by atoms with E-state index in [0.29, 0.717) is 0 Å². The molecule has 1 aliphatic heterocycles. The Bertz CT molecular complexity index is 1060. The van der Waals surface area contributed by atoms with Crippen molar-refractivity contribution >= 4 is 51.7 Å². The fourth-order valence-corrected chi connectivity index (χ4v) is 4.17. The number of hydrogen-bond donors (Lipinski definition) is 0. The van der Waals surface area contributed by atoms with Gasteiger partial charge in [-0.1, -0.05) is 60.2 Å². The van der Waals surface area contributed by atoms with Gasteiger partial charge < -0.3 is 9.31 Å². The second kappa shape index (κ2) is 8.81. The molecule has 30 heavy (non-hydrogen) atoms. The first-order valence-corrected chi connectivity index (χ1v) is 11.2. The van der Waals surface area contributed by atoms with E-state index in [9.17, 15) is 4.79 Å². The number of halogens is 1. The van der Waals surface area contributed by atoms with Crippen LogP contribution in [0.15, 0.2) is 60.7 Å². The van der Waals surface area contributed by atoms with Gasteiger partial charge in [-0.25, -0.2) is 0 Å². The summed E-state index contributed by atoms with van der Waals surface area (Å²) in [5.41, 5.74) is 2.56. The van der Waals surface area contributed by atoms with Crippen molar-refractivity contribution in [3.05, 3.63) is 75.4 Å². The number of Topliss-reactive ketones (excluding diaryl/α,β-unsaturated/α-hetero) is 1. The number of carbonyl (C=O) groups excluding carboxylic acids is 1. The molecule has 0 aliphatic carbocycles. The Morgan fingerprint density at radius 3 is 2.03 bits per heavy atom. The average molecular weight is 514 g/mol. The largest absolute Gasteiger partial charge is 0.495 e. The minimum atomic E-state index is -0.303. The number of hydrogen-bond acceptors (Lipinski definition) is 3. The van der Waals surface area contributed by atoms with E-state index >= 15 is 0 Å². The molecule has 1 fully saturated rings. The summed E-state index contributed by atoms with van der Waals surface area (Å²) in [5, 5.41) is 2.44. The zero-order valence-electron chi connectivity index (χ0n) is 18.5. The van der Waals surface area contributed by atoms with Crippen LogP contribution in [0.5, 0.6) is 0 Å². The van der Waals surface area contributed by atoms with E-state index < -0.39 is 0 Å². The Kier molecular flexibility index (Phi) is 6.75. The van der Waals surface area contributed by atoms with Gasteiger partial charge in [0.2, 0.25) is 0 Å². The van der Waals surface area contributed by atoms with Crippen LogP contribution in [0.4, 0.5) is 0 Å². The molecule has 0 radical (unpaired) electrons. The SMILES string of the molecule is CC(=O)c1ccccc1I.Cc1cc(B2OC(C)(C)C(C)(C)O2)c2ccccc2c1. The first-order valence-electron chi connectivity index (χ1n) is 10.1. The maximum Gasteiger partial charge on any atom is 0.495 e. The Morgan fingerprint density at radius 1 is 0.900 bits per heavy atom. The van der Waals surface area contributed by atoms with Crippen LogP contribution < -0.4 is 5.46 Å². The maximum absolute atomic E-state index is 10.9. The van der Waals surface area contributed by atoms with Gasteiger partial charge in [-0.3, -0.25) is 4.79 Å². The first-order chi connectivity index (χ1) is 14.0. The van der Waals surface area contributed by atoms with Crippen LogP contribution in [0.2, 0.25) is 0 Å². The average Bonchev–Trinajstić information content (AvgIpc) is 2.89. The summed E-state index contributed by atoms with van der Waals surface area (Å²) >= 11 is 2.15. The van der Waals surface area contributed by atoms with Gasteiger partial charge in [0.1, 0.15) is 0 Å². The molecule has 3 aromatic rings. The summed E-state index contributed by atoms with van der Waals surface area (Å²) in [7, 11) is -0.301. The van der Waals surface area contributed by atoms with Crippen LogP contribution in [-0.4, -0.2) is 24.1 Å². The van der Waals surface area contributed by atoms with Crippen molar-refractivity contribution in [1.82, 2.24) is 0 Å².